The zero-order chi connectivity index (χ0) is 19.9. The number of pyridine rings is 1. The maximum absolute atomic E-state index is 11.9. The fourth-order valence-corrected chi connectivity index (χ4v) is 3.49. The molecule has 0 amide bonds. The van der Waals surface area contributed by atoms with Crippen molar-refractivity contribution < 1.29 is 9.53 Å². The minimum Gasteiger partial charge on any atom is -0.461 e. The van der Waals surface area contributed by atoms with Crippen LogP contribution in [-0.2, 0) is 24.0 Å². The summed E-state index contributed by atoms with van der Waals surface area (Å²) in [5.74, 6) is -0.408. The van der Waals surface area contributed by atoms with Gasteiger partial charge in [-0.3, -0.25) is 0 Å². The highest BCUT2D eigenvalue weighted by molar-refractivity contribution is 6.31. The zero-order valence-corrected chi connectivity index (χ0v) is 17.1. The summed E-state index contributed by atoms with van der Waals surface area (Å²) in [6.07, 6.45) is 2.27. The number of benzene rings is 2. The van der Waals surface area contributed by atoms with Crippen LogP contribution < -0.4 is 0 Å². The molecule has 144 valence electrons. The Hall–Kier alpha value is -2.36. The van der Waals surface area contributed by atoms with Crippen molar-refractivity contribution in [2.45, 2.75) is 26.2 Å². The van der Waals surface area contributed by atoms with E-state index in [1.54, 1.807) is 13.0 Å². The molecule has 0 saturated heterocycles. The van der Waals surface area contributed by atoms with Gasteiger partial charge in [0, 0.05) is 22.2 Å². The number of carbonyl (C=O) groups is 1. The number of carbonyl (C=O) groups excluding carboxylic acids is 1. The van der Waals surface area contributed by atoms with Crippen molar-refractivity contribution in [3.63, 3.8) is 0 Å². The largest absolute Gasteiger partial charge is 0.461 e. The number of aromatic nitrogens is 1. The van der Waals surface area contributed by atoms with Crippen LogP contribution in [0.25, 0.3) is 0 Å². The summed E-state index contributed by atoms with van der Waals surface area (Å²) in [6, 6.07) is 19.2. The molecule has 5 heteroatoms. The molecule has 0 radical (unpaired) electrons. The van der Waals surface area contributed by atoms with Crippen LogP contribution in [0.15, 0.2) is 60.7 Å². The van der Waals surface area contributed by atoms with E-state index in [0.29, 0.717) is 23.7 Å². The SMILES string of the molecule is CCOC(=O)c1cccc(Cc2cc(Cl)ccc2CCc2ccccc2Cl)n1. The molecule has 2 aromatic carbocycles. The predicted molar refractivity (Wildman–Crippen MR) is 113 cm³/mol. The Labute approximate surface area is 175 Å². The van der Waals surface area contributed by atoms with Gasteiger partial charge in [0.2, 0.25) is 0 Å². The molecule has 0 aliphatic rings. The molecule has 3 aromatic rings. The second-order valence-corrected chi connectivity index (χ2v) is 7.26. The third kappa shape index (κ3) is 5.34. The van der Waals surface area contributed by atoms with Gasteiger partial charge in [-0.15, -0.1) is 0 Å². The third-order valence-electron chi connectivity index (χ3n) is 4.45. The smallest absolute Gasteiger partial charge is 0.356 e. The first-order valence-electron chi connectivity index (χ1n) is 9.20. The lowest BCUT2D eigenvalue weighted by atomic mass is 9.97. The van der Waals surface area contributed by atoms with E-state index in [1.807, 2.05) is 54.6 Å². The molecule has 3 rings (SSSR count). The summed E-state index contributed by atoms with van der Waals surface area (Å²) in [5, 5.41) is 1.46. The van der Waals surface area contributed by atoms with Crippen molar-refractivity contribution in [2.75, 3.05) is 6.61 Å². The van der Waals surface area contributed by atoms with E-state index < -0.39 is 5.97 Å². The van der Waals surface area contributed by atoms with E-state index in [2.05, 4.69) is 4.98 Å². The van der Waals surface area contributed by atoms with Crippen LogP contribution in [0.1, 0.15) is 39.8 Å². The van der Waals surface area contributed by atoms with Crippen molar-refractivity contribution in [3.05, 3.63) is 98.8 Å². The number of hydrogen-bond acceptors (Lipinski definition) is 3. The maximum Gasteiger partial charge on any atom is 0.356 e. The molecule has 0 saturated carbocycles. The van der Waals surface area contributed by atoms with Crippen molar-refractivity contribution in [3.8, 4) is 0 Å². The van der Waals surface area contributed by atoms with Gasteiger partial charge < -0.3 is 4.74 Å². The van der Waals surface area contributed by atoms with Crippen LogP contribution in [0, 0.1) is 0 Å². The summed E-state index contributed by atoms with van der Waals surface area (Å²) in [4.78, 5) is 16.4. The standard InChI is InChI=1S/C23H21Cl2NO2/c1-2-28-23(27)22-9-5-7-20(26-22)15-18-14-19(24)13-12-16(18)10-11-17-6-3-4-8-21(17)25/h3-9,12-14H,2,10-11,15H2,1H3. The Morgan fingerprint density at radius 3 is 2.50 bits per heavy atom. The highest BCUT2D eigenvalue weighted by atomic mass is 35.5. The summed E-state index contributed by atoms with van der Waals surface area (Å²) in [7, 11) is 0. The first kappa shape index (κ1) is 20.4. The average Bonchev–Trinajstić information content (AvgIpc) is 2.69. The Balaban J connectivity index is 1.80. The average molecular weight is 414 g/mol. The minimum atomic E-state index is -0.408. The molecule has 0 spiro atoms. The molecule has 0 aliphatic carbocycles. The van der Waals surface area contributed by atoms with Crippen LogP contribution in [0.4, 0.5) is 0 Å². The summed E-state index contributed by atoms with van der Waals surface area (Å²) < 4.78 is 5.04. The normalized spacial score (nSPS) is 10.7. The molecular weight excluding hydrogens is 393 g/mol. The van der Waals surface area contributed by atoms with Gasteiger partial charge in [0.1, 0.15) is 5.69 Å². The number of rotatable bonds is 7. The van der Waals surface area contributed by atoms with Crippen molar-refractivity contribution in [2.24, 2.45) is 0 Å². The Bertz CT molecular complexity index is 972. The lowest BCUT2D eigenvalue weighted by Crippen LogP contribution is -2.09. The van der Waals surface area contributed by atoms with Crippen molar-refractivity contribution in [1.29, 1.82) is 0 Å². The molecule has 3 nitrogen and oxygen atoms in total. The number of hydrogen-bond donors (Lipinski definition) is 0. The van der Waals surface area contributed by atoms with E-state index in [4.69, 9.17) is 27.9 Å². The van der Waals surface area contributed by atoms with Gasteiger partial charge in [0.15, 0.2) is 0 Å². The fraction of sp³-hybridized carbons (Fsp3) is 0.217. The van der Waals surface area contributed by atoms with E-state index in [9.17, 15) is 4.79 Å². The van der Waals surface area contributed by atoms with Gasteiger partial charge in [-0.05, 0) is 66.8 Å². The van der Waals surface area contributed by atoms with Crippen molar-refractivity contribution in [1.82, 2.24) is 4.98 Å². The molecule has 0 aliphatic heterocycles. The molecule has 0 N–H and O–H groups in total. The number of esters is 1. The number of halogens is 2. The second-order valence-electron chi connectivity index (χ2n) is 6.42. The van der Waals surface area contributed by atoms with Gasteiger partial charge in [-0.2, -0.15) is 0 Å². The molecule has 0 atom stereocenters. The molecule has 1 aromatic heterocycles. The van der Waals surface area contributed by atoms with Crippen LogP contribution in [0.5, 0.6) is 0 Å². The number of nitrogens with zero attached hydrogens (tertiary/aromatic N) is 1. The first-order chi connectivity index (χ1) is 13.6. The minimum absolute atomic E-state index is 0.319. The number of aryl methyl sites for hydroxylation is 2. The molecule has 0 bridgehead atoms. The molecule has 1 heterocycles. The van der Waals surface area contributed by atoms with Gasteiger partial charge in [-0.25, -0.2) is 9.78 Å². The highest BCUT2D eigenvalue weighted by Gasteiger charge is 2.11. The second kappa shape index (κ2) is 9.72. The maximum atomic E-state index is 11.9. The van der Waals surface area contributed by atoms with Gasteiger partial charge in [-0.1, -0.05) is 53.5 Å². The molecule has 0 fully saturated rings. The third-order valence-corrected chi connectivity index (χ3v) is 5.06. The van der Waals surface area contributed by atoms with Crippen LogP contribution in [0.2, 0.25) is 10.0 Å². The summed E-state index contributed by atoms with van der Waals surface area (Å²) in [6.45, 7) is 2.10. The van der Waals surface area contributed by atoms with E-state index in [0.717, 1.165) is 34.7 Å². The van der Waals surface area contributed by atoms with E-state index in [-0.39, 0.29) is 0 Å². The fourth-order valence-electron chi connectivity index (χ4n) is 3.07. The predicted octanol–water partition coefficient (Wildman–Crippen LogP) is 5.94. The lowest BCUT2D eigenvalue weighted by Gasteiger charge is -2.12. The Morgan fingerprint density at radius 2 is 1.71 bits per heavy atom. The topological polar surface area (TPSA) is 39.2 Å². The summed E-state index contributed by atoms with van der Waals surface area (Å²) in [5.41, 5.74) is 4.51. The monoisotopic (exact) mass is 413 g/mol. The van der Waals surface area contributed by atoms with Crippen LogP contribution >= 0.6 is 23.2 Å². The lowest BCUT2D eigenvalue weighted by molar-refractivity contribution is 0.0519. The van der Waals surface area contributed by atoms with E-state index >= 15 is 0 Å². The quantitative estimate of drug-likeness (QED) is 0.449. The van der Waals surface area contributed by atoms with Gasteiger partial charge in [0.05, 0.1) is 6.61 Å². The number of ether oxygens (including phenoxy) is 1. The molecular formula is C23H21Cl2NO2. The van der Waals surface area contributed by atoms with Crippen molar-refractivity contribution >= 4 is 29.2 Å². The first-order valence-corrected chi connectivity index (χ1v) is 9.96. The van der Waals surface area contributed by atoms with E-state index in [1.165, 1.54) is 5.56 Å². The molecule has 0 unspecified atom stereocenters. The molecule has 28 heavy (non-hydrogen) atoms. The highest BCUT2D eigenvalue weighted by Crippen LogP contribution is 2.23. The van der Waals surface area contributed by atoms with Crippen LogP contribution in [-0.4, -0.2) is 17.6 Å². The van der Waals surface area contributed by atoms with Crippen LogP contribution in [0.3, 0.4) is 0 Å². The van der Waals surface area contributed by atoms with Gasteiger partial charge in [0.25, 0.3) is 0 Å². The Kier molecular flexibility index (Phi) is 7.07. The zero-order valence-electron chi connectivity index (χ0n) is 15.6. The summed E-state index contributed by atoms with van der Waals surface area (Å²) >= 11 is 12.5. The van der Waals surface area contributed by atoms with Gasteiger partial charge >= 0.3 is 5.97 Å². The Morgan fingerprint density at radius 1 is 0.929 bits per heavy atom.